The van der Waals surface area contributed by atoms with Crippen molar-refractivity contribution in [1.29, 1.82) is 0 Å². The van der Waals surface area contributed by atoms with Crippen LogP contribution in [-0.4, -0.2) is 48.1 Å². The second-order valence-electron chi connectivity index (χ2n) is 17.3. The van der Waals surface area contributed by atoms with Gasteiger partial charge < -0.3 is 41.0 Å². The van der Waals surface area contributed by atoms with Crippen molar-refractivity contribution in [2.24, 2.45) is 20.5 Å². The fraction of sp³-hybridized carbons (Fsp3) is 0.100. The van der Waals surface area contributed by atoms with E-state index in [0.717, 1.165) is 0 Å². The number of hydrogen-bond acceptors (Lipinski definition) is 12. The number of phenols is 2. The Bertz CT molecular complexity index is 3520. The molecule has 0 fully saturated rings. The number of nitrogens with zero attached hydrogens (tertiary/aromatic N) is 4. The van der Waals surface area contributed by atoms with Crippen LogP contribution in [0.15, 0.2) is 190 Å². The van der Waals surface area contributed by atoms with Crippen LogP contribution in [0.4, 0.5) is 45.5 Å². The maximum absolute atomic E-state index is 14.3. The number of aromatic hydroxyl groups is 2. The number of benzene rings is 9. The second kappa shape index (κ2) is 22.7. The molecular weight excluding hydrogens is 961 g/mol. The van der Waals surface area contributed by atoms with Gasteiger partial charge in [0.1, 0.15) is 22.9 Å². The quantitative estimate of drug-likeness (QED) is 0.0509. The first-order valence-corrected chi connectivity index (χ1v) is 24.2. The summed E-state index contributed by atoms with van der Waals surface area (Å²) in [6.07, 6.45) is 0.867. The van der Waals surface area contributed by atoms with Gasteiger partial charge in [-0.1, -0.05) is 98.8 Å². The largest absolute Gasteiger partial charge is 0.505 e. The SMILES string of the molecule is CCc1cc(NC(=O)c2cc3ccccc3c(N=Nc3cc(OC)cc(C(=O)Nc4ccccc4)c3)c2O)c(CC)cc1NC(=O)c1cc2ccccc2c(N=Nc2cc(OC)cc(C(=O)Nc3ccccc3)c2)c1O. The number of aryl methyl sites for hydroxylation is 2. The summed E-state index contributed by atoms with van der Waals surface area (Å²) < 4.78 is 10.9. The number of ether oxygens (including phenoxy) is 2. The minimum absolute atomic E-state index is 0.0314. The lowest BCUT2D eigenvalue weighted by Crippen LogP contribution is -2.16. The van der Waals surface area contributed by atoms with Gasteiger partial charge in [-0.15, -0.1) is 10.2 Å². The van der Waals surface area contributed by atoms with Gasteiger partial charge in [-0.2, -0.15) is 10.2 Å². The van der Waals surface area contributed by atoms with E-state index < -0.39 is 35.1 Å². The molecule has 0 spiro atoms. The van der Waals surface area contributed by atoms with Gasteiger partial charge in [0.2, 0.25) is 0 Å². The molecule has 0 saturated carbocycles. The highest BCUT2D eigenvalue weighted by Crippen LogP contribution is 2.42. The molecule has 6 N–H and O–H groups in total. The van der Waals surface area contributed by atoms with E-state index in [1.54, 1.807) is 121 Å². The predicted octanol–water partition coefficient (Wildman–Crippen LogP) is 14.4. The summed E-state index contributed by atoms with van der Waals surface area (Å²) in [5.41, 5.74) is 4.40. The monoisotopic (exact) mass is 1010 g/mol. The summed E-state index contributed by atoms with van der Waals surface area (Å²) in [6, 6.07) is 48.3. The van der Waals surface area contributed by atoms with Crippen molar-refractivity contribution in [1.82, 2.24) is 0 Å². The lowest BCUT2D eigenvalue weighted by molar-refractivity contribution is 0.101. The van der Waals surface area contributed by atoms with Crippen LogP contribution in [0.5, 0.6) is 23.0 Å². The van der Waals surface area contributed by atoms with Crippen LogP contribution in [0, 0.1) is 0 Å². The summed E-state index contributed by atoms with van der Waals surface area (Å²) in [4.78, 5) is 55.1. The van der Waals surface area contributed by atoms with E-state index >= 15 is 0 Å². The molecule has 4 amide bonds. The maximum Gasteiger partial charge on any atom is 0.259 e. The van der Waals surface area contributed by atoms with Crippen molar-refractivity contribution in [3.05, 3.63) is 203 Å². The van der Waals surface area contributed by atoms with Crippen LogP contribution < -0.4 is 30.7 Å². The van der Waals surface area contributed by atoms with E-state index in [0.29, 0.717) is 79.8 Å². The highest BCUT2D eigenvalue weighted by molar-refractivity contribution is 6.14. The van der Waals surface area contributed by atoms with E-state index in [-0.39, 0.29) is 45.0 Å². The highest BCUT2D eigenvalue weighted by atomic mass is 16.5. The molecule has 0 aliphatic heterocycles. The number of carbonyl (C=O) groups excluding carboxylic acids is 4. The molecule has 9 aromatic rings. The van der Waals surface area contributed by atoms with Gasteiger partial charge in [0.15, 0.2) is 11.5 Å². The number of phenolic OH excluding ortho intramolecular Hbond substituents is 2. The third-order valence-corrected chi connectivity index (χ3v) is 12.4. The van der Waals surface area contributed by atoms with E-state index in [4.69, 9.17) is 9.47 Å². The Labute approximate surface area is 436 Å². The summed E-state index contributed by atoms with van der Waals surface area (Å²) in [5.74, 6) is -2.17. The molecule has 378 valence electrons. The molecule has 0 aliphatic rings. The van der Waals surface area contributed by atoms with Gasteiger partial charge in [0.05, 0.1) is 36.7 Å². The molecule has 0 radical (unpaired) electrons. The molecular formula is C60H50N8O8. The number of carbonyl (C=O) groups is 4. The second-order valence-corrected chi connectivity index (χ2v) is 17.3. The average Bonchev–Trinajstić information content (AvgIpc) is 3.45. The molecule has 16 heteroatoms. The van der Waals surface area contributed by atoms with E-state index in [1.807, 2.05) is 50.2 Å². The van der Waals surface area contributed by atoms with Crippen molar-refractivity contribution >= 4 is 90.7 Å². The van der Waals surface area contributed by atoms with Crippen LogP contribution in [0.3, 0.4) is 0 Å². The van der Waals surface area contributed by atoms with Crippen LogP contribution in [0.25, 0.3) is 21.5 Å². The predicted molar refractivity (Wildman–Crippen MR) is 295 cm³/mol. The van der Waals surface area contributed by atoms with Gasteiger partial charge in [0, 0.05) is 56.8 Å². The summed E-state index contributed by atoms with van der Waals surface area (Å²) >= 11 is 0. The molecule has 0 saturated heterocycles. The number of anilines is 4. The topological polar surface area (TPSA) is 225 Å². The third kappa shape index (κ3) is 11.2. The Balaban J connectivity index is 0.981. The van der Waals surface area contributed by atoms with Crippen molar-refractivity contribution in [2.75, 3.05) is 35.5 Å². The van der Waals surface area contributed by atoms with E-state index in [9.17, 15) is 29.4 Å². The van der Waals surface area contributed by atoms with Crippen LogP contribution in [-0.2, 0) is 12.8 Å². The van der Waals surface area contributed by atoms with Crippen LogP contribution in [0.1, 0.15) is 66.4 Å². The first-order valence-electron chi connectivity index (χ1n) is 24.2. The molecule has 9 rings (SSSR count). The summed E-state index contributed by atoms with van der Waals surface area (Å²) in [6.45, 7) is 3.80. The van der Waals surface area contributed by atoms with Crippen LogP contribution >= 0.6 is 0 Å². The van der Waals surface area contributed by atoms with Crippen molar-refractivity contribution in [3.63, 3.8) is 0 Å². The number of amides is 4. The number of azo groups is 2. The Hall–Kier alpha value is -10.2. The Morgan fingerprint density at radius 1 is 0.434 bits per heavy atom. The maximum atomic E-state index is 14.3. The van der Waals surface area contributed by atoms with Crippen molar-refractivity contribution in [3.8, 4) is 23.0 Å². The normalized spacial score (nSPS) is 11.2. The molecule has 9 aromatic carbocycles. The summed E-state index contributed by atoms with van der Waals surface area (Å²) in [7, 11) is 2.94. The number of hydrogen-bond donors (Lipinski definition) is 6. The number of rotatable bonds is 16. The zero-order valence-corrected chi connectivity index (χ0v) is 41.7. The average molecular weight is 1010 g/mol. The highest BCUT2D eigenvalue weighted by Gasteiger charge is 2.23. The first kappa shape index (κ1) is 50.7. The molecule has 0 unspecified atom stereocenters. The molecule has 0 bridgehead atoms. The smallest absolute Gasteiger partial charge is 0.259 e. The van der Waals surface area contributed by atoms with Crippen LogP contribution in [0.2, 0.25) is 0 Å². The first-order chi connectivity index (χ1) is 36.9. The van der Waals surface area contributed by atoms with Gasteiger partial charge in [-0.05, 0) is 108 Å². The third-order valence-electron chi connectivity index (χ3n) is 12.4. The number of nitrogens with one attached hydrogen (secondary N) is 4. The molecule has 0 atom stereocenters. The Morgan fingerprint density at radius 2 is 0.816 bits per heavy atom. The van der Waals surface area contributed by atoms with Gasteiger partial charge >= 0.3 is 0 Å². The number of para-hydroxylation sites is 2. The molecule has 16 nitrogen and oxygen atoms in total. The fourth-order valence-electron chi connectivity index (χ4n) is 8.52. The van der Waals surface area contributed by atoms with E-state index in [2.05, 4.69) is 41.7 Å². The zero-order valence-electron chi connectivity index (χ0n) is 41.7. The standard InChI is InChI=1S/C60H50N8O8/c1-5-35-31-52(64-60(74)50-30-38-18-14-16-24-48(38)54(56(50)70)68-66-44-26-40(28-46(34-44)76-4)58(72)62-42-21-11-8-12-22-42)36(6-2)32-51(35)63-59(73)49-29-37-17-13-15-23-47(37)53(55(49)69)67-65-43-25-39(27-45(33-43)75-3)57(71)61-41-19-9-7-10-20-41/h7-34,69-70H,5-6H2,1-4H3,(H,61,71)(H,62,72)(H,63,73)(H,64,74). The van der Waals surface area contributed by atoms with Gasteiger partial charge in [-0.25, -0.2) is 0 Å². The minimum Gasteiger partial charge on any atom is -0.505 e. The Morgan fingerprint density at radius 3 is 1.20 bits per heavy atom. The molecule has 0 aromatic heterocycles. The van der Waals surface area contributed by atoms with Gasteiger partial charge in [-0.3, -0.25) is 19.2 Å². The number of methoxy groups -OCH3 is 2. The Kier molecular flexibility index (Phi) is 15.1. The fourth-order valence-corrected chi connectivity index (χ4v) is 8.52. The van der Waals surface area contributed by atoms with Crippen molar-refractivity contribution < 1.29 is 38.9 Å². The lowest BCUT2D eigenvalue weighted by Gasteiger charge is -2.18. The zero-order chi connectivity index (χ0) is 53.3. The minimum atomic E-state index is -0.627. The molecule has 0 aliphatic carbocycles. The number of fused-ring (bicyclic) bond motifs is 2. The molecule has 76 heavy (non-hydrogen) atoms. The lowest BCUT2D eigenvalue weighted by atomic mass is 10.00. The summed E-state index contributed by atoms with van der Waals surface area (Å²) in [5, 5.41) is 55.2. The van der Waals surface area contributed by atoms with Crippen molar-refractivity contribution in [2.45, 2.75) is 26.7 Å². The molecule has 0 heterocycles. The van der Waals surface area contributed by atoms with Gasteiger partial charge in [0.25, 0.3) is 23.6 Å². The van der Waals surface area contributed by atoms with E-state index in [1.165, 1.54) is 26.4 Å².